The van der Waals surface area contributed by atoms with Gasteiger partial charge in [0.2, 0.25) is 5.91 Å². The van der Waals surface area contributed by atoms with Gasteiger partial charge >= 0.3 is 0 Å². The second-order valence-electron chi connectivity index (χ2n) is 4.67. The maximum Gasteiger partial charge on any atom is 0.228 e. The van der Waals surface area contributed by atoms with Crippen LogP contribution in [0, 0.1) is 5.92 Å². The molecule has 0 radical (unpaired) electrons. The normalized spacial score (nSPS) is 14.8. The van der Waals surface area contributed by atoms with E-state index in [4.69, 9.17) is 9.47 Å². The molecule has 2 rings (SSSR count). The van der Waals surface area contributed by atoms with Crippen LogP contribution in [0.1, 0.15) is 13.8 Å². The molecule has 0 aliphatic carbocycles. The summed E-state index contributed by atoms with van der Waals surface area (Å²) in [5.41, 5.74) is 0.697. The summed E-state index contributed by atoms with van der Waals surface area (Å²) >= 11 is 3.44. The van der Waals surface area contributed by atoms with Crippen LogP contribution in [0.4, 0.5) is 5.69 Å². The van der Waals surface area contributed by atoms with Gasteiger partial charge in [0.15, 0.2) is 11.5 Å². The van der Waals surface area contributed by atoms with Crippen LogP contribution in [-0.4, -0.2) is 32.2 Å². The molecule has 20 heavy (non-hydrogen) atoms. The molecule has 0 saturated heterocycles. The van der Waals surface area contributed by atoms with E-state index in [0.717, 1.165) is 11.0 Å². The van der Waals surface area contributed by atoms with Gasteiger partial charge in [-0.05, 0) is 22.5 Å². The van der Waals surface area contributed by atoms with Crippen LogP contribution in [0.3, 0.4) is 0 Å². The minimum Gasteiger partial charge on any atom is -0.486 e. The van der Waals surface area contributed by atoms with Gasteiger partial charge < -0.3 is 20.1 Å². The minimum absolute atomic E-state index is 0.0247. The summed E-state index contributed by atoms with van der Waals surface area (Å²) in [6, 6.07) is 3.61. The molecular weight excluding hydrogens is 324 g/mol. The van der Waals surface area contributed by atoms with E-state index < -0.39 is 0 Å². The summed E-state index contributed by atoms with van der Waals surface area (Å²) in [6.07, 6.45) is 0. The molecule has 1 amide bonds. The van der Waals surface area contributed by atoms with Gasteiger partial charge in [0, 0.05) is 29.1 Å². The summed E-state index contributed by atoms with van der Waals surface area (Å²) in [6.45, 7) is 6.49. The van der Waals surface area contributed by atoms with Crippen molar-refractivity contribution in [1.29, 1.82) is 0 Å². The zero-order chi connectivity index (χ0) is 14.5. The van der Waals surface area contributed by atoms with E-state index in [1.807, 2.05) is 19.9 Å². The van der Waals surface area contributed by atoms with E-state index >= 15 is 0 Å². The number of carbonyl (C=O) groups is 1. The number of carbonyl (C=O) groups excluding carboxylic acids is 1. The third-order valence-corrected chi connectivity index (χ3v) is 3.69. The molecule has 1 aromatic carbocycles. The molecule has 0 aromatic heterocycles. The zero-order valence-electron chi connectivity index (χ0n) is 11.7. The predicted molar refractivity (Wildman–Crippen MR) is 81.5 cm³/mol. The second-order valence-corrected chi connectivity index (χ2v) is 5.53. The smallest absolute Gasteiger partial charge is 0.228 e. The van der Waals surface area contributed by atoms with E-state index in [-0.39, 0.29) is 11.8 Å². The highest BCUT2D eigenvalue weighted by atomic mass is 79.9. The third kappa shape index (κ3) is 3.64. The summed E-state index contributed by atoms with van der Waals surface area (Å²) in [7, 11) is 0. The Hall–Kier alpha value is -1.27. The summed E-state index contributed by atoms with van der Waals surface area (Å²) in [4.78, 5) is 12.1. The summed E-state index contributed by atoms with van der Waals surface area (Å²) < 4.78 is 11.8. The number of rotatable bonds is 5. The number of nitrogens with one attached hydrogen (secondary N) is 2. The van der Waals surface area contributed by atoms with Crippen molar-refractivity contribution in [3.8, 4) is 11.5 Å². The van der Waals surface area contributed by atoms with E-state index in [1.54, 1.807) is 6.07 Å². The fourth-order valence-electron chi connectivity index (χ4n) is 1.87. The third-order valence-electron chi connectivity index (χ3n) is 3.04. The number of hydrogen-bond donors (Lipinski definition) is 2. The topological polar surface area (TPSA) is 59.6 Å². The molecule has 0 fully saturated rings. The number of hydrogen-bond acceptors (Lipinski definition) is 4. The molecule has 0 bridgehead atoms. The fourth-order valence-corrected chi connectivity index (χ4v) is 2.29. The first kappa shape index (κ1) is 15.1. The minimum atomic E-state index is -0.102. The second kappa shape index (κ2) is 6.95. The predicted octanol–water partition coefficient (Wildman–Crippen LogP) is 2.40. The molecule has 1 unspecified atom stereocenters. The molecule has 6 heteroatoms. The van der Waals surface area contributed by atoms with Crippen molar-refractivity contribution < 1.29 is 14.3 Å². The van der Waals surface area contributed by atoms with E-state index in [0.29, 0.717) is 36.9 Å². The SMILES string of the molecule is CCNCC(C)C(=O)Nc1cc2c(cc1Br)OCCO2. The quantitative estimate of drug-likeness (QED) is 0.862. The number of amides is 1. The highest BCUT2D eigenvalue weighted by molar-refractivity contribution is 9.10. The number of fused-ring (bicyclic) bond motifs is 1. The lowest BCUT2D eigenvalue weighted by Gasteiger charge is -2.20. The van der Waals surface area contributed by atoms with Crippen molar-refractivity contribution in [2.75, 3.05) is 31.6 Å². The molecule has 2 N–H and O–H groups in total. The van der Waals surface area contributed by atoms with Gasteiger partial charge in [-0.1, -0.05) is 13.8 Å². The summed E-state index contributed by atoms with van der Waals surface area (Å²) in [5.74, 6) is 1.23. The molecule has 1 atom stereocenters. The van der Waals surface area contributed by atoms with E-state index in [1.165, 1.54) is 0 Å². The van der Waals surface area contributed by atoms with Gasteiger partial charge in [-0.25, -0.2) is 0 Å². The van der Waals surface area contributed by atoms with Crippen molar-refractivity contribution in [2.24, 2.45) is 5.92 Å². The Morgan fingerprint density at radius 2 is 2.00 bits per heavy atom. The summed E-state index contributed by atoms with van der Waals surface area (Å²) in [5, 5.41) is 6.07. The van der Waals surface area contributed by atoms with E-state index in [9.17, 15) is 4.79 Å². The molecule has 0 saturated carbocycles. The Kier molecular flexibility index (Phi) is 5.25. The molecule has 5 nitrogen and oxygen atoms in total. The van der Waals surface area contributed by atoms with Gasteiger partial charge in [-0.2, -0.15) is 0 Å². The maximum absolute atomic E-state index is 12.1. The van der Waals surface area contributed by atoms with Gasteiger partial charge in [0.25, 0.3) is 0 Å². The van der Waals surface area contributed by atoms with Crippen LogP contribution in [0.15, 0.2) is 16.6 Å². The Labute approximate surface area is 127 Å². The Morgan fingerprint density at radius 3 is 2.65 bits per heavy atom. The van der Waals surface area contributed by atoms with Crippen molar-refractivity contribution in [3.63, 3.8) is 0 Å². The molecule has 0 spiro atoms. The number of ether oxygens (including phenoxy) is 2. The molecule has 110 valence electrons. The lowest BCUT2D eigenvalue weighted by Crippen LogP contribution is -2.30. The number of benzene rings is 1. The van der Waals surface area contributed by atoms with Gasteiger partial charge in [-0.15, -0.1) is 0 Å². The Balaban J connectivity index is 2.07. The lowest BCUT2D eigenvalue weighted by molar-refractivity contribution is -0.119. The van der Waals surface area contributed by atoms with Gasteiger partial charge in [0.1, 0.15) is 13.2 Å². The van der Waals surface area contributed by atoms with E-state index in [2.05, 4.69) is 26.6 Å². The van der Waals surface area contributed by atoms with Crippen LogP contribution in [0.25, 0.3) is 0 Å². The zero-order valence-corrected chi connectivity index (χ0v) is 13.2. The Morgan fingerprint density at radius 1 is 1.35 bits per heavy atom. The molecular formula is C14H19BrN2O3. The largest absolute Gasteiger partial charge is 0.486 e. The first-order valence-electron chi connectivity index (χ1n) is 6.72. The van der Waals surface area contributed by atoms with Crippen LogP contribution < -0.4 is 20.1 Å². The van der Waals surface area contributed by atoms with Crippen LogP contribution in [0.5, 0.6) is 11.5 Å². The monoisotopic (exact) mass is 342 g/mol. The van der Waals surface area contributed by atoms with Crippen LogP contribution >= 0.6 is 15.9 Å². The van der Waals surface area contributed by atoms with Crippen molar-refractivity contribution in [3.05, 3.63) is 16.6 Å². The van der Waals surface area contributed by atoms with Crippen molar-refractivity contribution in [2.45, 2.75) is 13.8 Å². The maximum atomic E-state index is 12.1. The molecule has 1 aliphatic rings. The first-order chi connectivity index (χ1) is 9.61. The standard InChI is InChI=1S/C14H19BrN2O3/c1-3-16-8-9(2)14(18)17-11-7-13-12(6-10(11)15)19-4-5-20-13/h6-7,9,16H,3-5,8H2,1-2H3,(H,17,18). The molecule has 1 heterocycles. The average molecular weight is 343 g/mol. The lowest BCUT2D eigenvalue weighted by atomic mass is 10.1. The molecule has 1 aliphatic heterocycles. The average Bonchev–Trinajstić information content (AvgIpc) is 2.45. The van der Waals surface area contributed by atoms with Crippen LogP contribution in [0.2, 0.25) is 0 Å². The van der Waals surface area contributed by atoms with Crippen LogP contribution in [-0.2, 0) is 4.79 Å². The highest BCUT2D eigenvalue weighted by Gasteiger charge is 2.18. The molecule has 1 aromatic rings. The fraction of sp³-hybridized carbons (Fsp3) is 0.500. The number of halogens is 1. The Bertz CT molecular complexity index is 494. The number of anilines is 1. The highest BCUT2D eigenvalue weighted by Crippen LogP contribution is 2.38. The van der Waals surface area contributed by atoms with Crippen molar-refractivity contribution >= 4 is 27.5 Å². The van der Waals surface area contributed by atoms with Gasteiger partial charge in [0.05, 0.1) is 5.69 Å². The van der Waals surface area contributed by atoms with Gasteiger partial charge in [-0.3, -0.25) is 4.79 Å². The first-order valence-corrected chi connectivity index (χ1v) is 7.51. The van der Waals surface area contributed by atoms with Crippen molar-refractivity contribution in [1.82, 2.24) is 5.32 Å².